The molecule has 4 heterocycles. The molecule has 0 N–H and O–H groups in total. The number of nitrogens with zero attached hydrogens (tertiary/aromatic N) is 4. The van der Waals surface area contributed by atoms with Gasteiger partial charge in [-0.2, -0.15) is 4.98 Å². The summed E-state index contributed by atoms with van der Waals surface area (Å²) in [4.78, 5) is 22.2. The van der Waals surface area contributed by atoms with Crippen molar-refractivity contribution in [3.63, 3.8) is 0 Å². The second-order valence-corrected chi connectivity index (χ2v) is 8.48. The smallest absolute Gasteiger partial charge is 0.410 e. The highest BCUT2D eigenvalue weighted by molar-refractivity contribution is 6.34. The van der Waals surface area contributed by atoms with E-state index in [0.29, 0.717) is 40.8 Å². The molecule has 1 fully saturated rings. The number of pyridine rings is 1. The SMILES string of the molecule is CC(C)(C)OC(=O)N1CCC(OCc2noc(-c3cc4c(Cl)nccc4o3)n2)CC1. The molecule has 1 saturated heterocycles. The number of carbonyl (C=O) groups is 1. The van der Waals surface area contributed by atoms with Gasteiger partial charge in [0.1, 0.15) is 22.9 Å². The second-order valence-electron chi connectivity index (χ2n) is 8.12. The first-order valence-electron chi connectivity index (χ1n) is 9.75. The molecule has 9 nitrogen and oxygen atoms in total. The van der Waals surface area contributed by atoms with Gasteiger partial charge in [0.2, 0.25) is 0 Å². The number of carbonyl (C=O) groups excluding carboxylic acids is 1. The Bertz CT molecular complexity index is 1030. The van der Waals surface area contributed by atoms with Crippen molar-refractivity contribution in [3.05, 3.63) is 29.3 Å². The Hall–Kier alpha value is -2.65. The minimum atomic E-state index is -0.498. The highest BCUT2D eigenvalue weighted by Gasteiger charge is 2.27. The first-order chi connectivity index (χ1) is 14.3. The van der Waals surface area contributed by atoms with Crippen molar-refractivity contribution in [2.75, 3.05) is 13.1 Å². The van der Waals surface area contributed by atoms with Crippen LogP contribution in [0, 0.1) is 0 Å². The average molecular weight is 435 g/mol. The van der Waals surface area contributed by atoms with Gasteiger partial charge in [0.25, 0.3) is 5.89 Å². The fourth-order valence-electron chi connectivity index (χ4n) is 3.17. The second kappa shape index (κ2) is 8.23. The van der Waals surface area contributed by atoms with E-state index < -0.39 is 5.60 Å². The van der Waals surface area contributed by atoms with Crippen LogP contribution in [0.1, 0.15) is 39.4 Å². The predicted molar refractivity (Wildman–Crippen MR) is 108 cm³/mol. The van der Waals surface area contributed by atoms with Crippen molar-refractivity contribution in [2.45, 2.75) is 51.9 Å². The van der Waals surface area contributed by atoms with E-state index in [9.17, 15) is 4.79 Å². The molecule has 1 aliphatic heterocycles. The predicted octanol–water partition coefficient (Wildman–Crippen LogP) is 4.45. The lowest BCUT2D eigenvalue weighted by Gasteiger charge is -2.33. The van der Waals surface area contributed by atoms with Crippen molar-refractivity contribution in [2.24, 2.45) is 0 Å². The standard InChI is InChI=1S/C20H23ClN4O5/c1-20(2,3)29-19(26)25-8-5-12(6-9-25)27-11-16-23-18(30-24-16)15-10-13-14(28-15)4-7-22-17(13)21/h4,7,10,12H,5-6,8-9,11H2,1-3H3. The maximum absolute atomic E-state index is 12.1. The number of likely N-dealkylation sites (tertiary alicyclic amines) is 1. The van der Waals surface area contributed by atoms with Gasteiger partial charge >= 0.3 is 6.09 Å². The zero-order chi connectivity index (χ0) is 21.3. The summed E-state index contributed by atoms with van der Waals surface area (Å²) in [5.41, 5.74) is 0.0976. The van der Waals surface area contributed by atoms with Gasteiger partial charge in [-0.15, -0.1) is 0 Å². The Morgan fingerprint density at radius 2 is 2.10 bits per heavy atom. The van der Waals surface area contributed by atoms with E-state index in [1.54, 1.807) is 23.2 Å². The molecule has 0 atom stereocenters. The van der Waals surface area contributed by atoms with Gasteiger partial charge in [0, 0.05) is 25.4 Å². The molecule has 0 saturated carbocycles. The van der Waals surface area contributed by atoms with Crippen molar-refractivity contribution < 1.29 is 23.2 Å². The normalized spacial score (nSPS) is 15.7. The van der Waals surface area contributed by atoms with E-state index in [1.807, 2.05) is 20.8 Å². The molecule has 4 rings (SSSR count). The molecule has 1 amide bonds. The third-order valence-electron chi connectivity index (χ3n) is 4.62. The third kappa shape index (κ3) is 4.73. The lowest BCUT2D eigenvalue weighted by atomic mass is 10.1. The molecule has 3 aromatic rings. The molecule has 1 aliphatic rings. The highest BCUT2D eigenvalue weighted by Crippen LogP contribution is 2.30. The number of ether oxygens (including phenoxy) is 2. The zero-order valence-electron chi connectivity index (χ0n) is 17.1. The van der Waals surface area contributed by atoms with Crippen LogP contribution in [0.5, 0.6) is 0 Å². The quantitative estimate of drug-likeness (QED) is 0.555. The molecule has 10 heteroatoms. The molecule has 0 radical (unpaired) electrons. The van der Waals surface area contributed by atoms with Gasteiger partial charge in [-0.25, -0.2) is 9.78 Å². The van der Waals surface area contributed by atoms with Crippen LogP contribution in [0.25, 0.3) is 22.6 Å². The summed E-state index contributed by atoms with van der Waals surface area (Å²) < 4.78 is 22.3. The first-order valence-corrected chi connectivity index (χ1v) is 10.1. The number of aromatic nitrogens is 3. The van der Waals surface area contributed by atoms with Crippen LogP contribution in [0.4, 0.5) is 4.79 Å². The number of hydrogen-bond acceptors (Lipinski definition) is 8. The highest BCUT2D eigenvalue weighted by atomic mass is 35.5. The molecule has 0 spiro atoms. The fraction of sp³-hybridized carbons (Fsp3) is 0.500. The number of hydrogen-bond donors (Lipinski definition) is 0. The van der Waals surface area contributed by atoms with E-state index in [4.69, 9.17) is 30.0 Å². The maximum atomic E-state index is 12.1. The van der Waals surface area contributed by atoms with Gasteiger partial charge in [-0.1, -0.05) is 16.8 Å². The van der Waals surface area contributed by atoms with Crippen LogP contribution in [0.15, 0.2) is 27.3 Å². The van der Waals surface area contributed by atoms with Crippen LogP contribution in [0.3, 0.4) is 0 Å². The topological polar surface area (TPSA) is 104 Å². The summed E-state index contributed by atoms with van der Waals surface area (Å²) in [6.45, 7) is 6.96. The van der Waals surface area contributed by atoms with Crippen LogP contribution in [-0.4, -0.2) is 50.9 Å². The number of rotatable bonds is 4. The van der Waals surface area contributed by atoms with E-state index in [2.05, 4.69) is 15.1 Å². The van der Waals surface area contributed by atoms with E-state index in [1.165, 1.54) is 0 Å². The molecule has 160 valence electrons. The number of fused-ring (bicyclic) bond motifs is 1. The summed E-state index contributed by atoms with van der Waals surface area (Å²) in [5.74, 6) is 1.09. The maximum Gasteiger partial charge on any atom is 0.410 e. The van der Waals surface area contributed by atoms with Gasteiger partial charge < -0.3 is 23.3 Å². The minimum Gasteiger partial charge on any atom is -0.451 e. The van der Waals surface area contributed by atoms with Crippen molar-refractivity contribution in [3.8, 4) is 11.7 Å². The lowest BCUT2D eigenvalue weighted by Crippen LogP contribution is -2.43. The number of halogens is 1. The van der Waals surface area contributed by atoms with E-state index >= 15 is 0 Å². The molecule has 0 bridgehead atoms. The van der Waals surface area contributed by atoms with Gasteiger partial charge in [0.15, 0.2) is 11.6 Å². The fourth-order valence-corrected chi connectivity index (χ4v) is 3.38. The van der Waals surface area contributed by atoms with Crippen LogP contribution in [0.2, 0.25) is 5.15 Å². The Morgan fingerprint density at radius 1 is 1.33 bits per heavy atom. The van der Waals surface area contributed by atoms with Crippen molar-refractivity contribution in [1.82, 2.24) is 20.0 Å². The molecule has 3 aromatic heterocycles. The van der Waals surface area contributed by atoms with E-state index in [0.717, 1.165) is 12.8 Å². The van der Waals surface area contributed by atoms with Crippen molar-refractivity contribution >= 4 is 28.7 Å². The average Bonchev–Trinajstić information content (AvgIpc) is 3.33. The zero-order valence-corrected chi connectivity index (χ0v) is 17.8. The van der Waals surface area contributed by atoms with Gasteiger partial charge in [-0.05, 0) is 39.7 Å². The summed E-state index contributed by atoms with van der Waals surface area (Å²) in [6, 6.07) is 3.43. The van der Waals surface area contributed by atoms with E-state index in [-0.39, 0.29) is 24.7 Å². The van der Waals surface area contributed by atoms with Crippen LogP contribution in [-0.2, 0) is 16.1 Å². The summed E-state index contributed by atoms with van der Waals surface area (Å²) >= 11 is 6.07. The summed E-state index contributed by atoms with van der Waals surface area (Å²) in [5, 5.41) is 4.98. The van der Waals surface area contributed by atoms with Crippen LogP contribution >= 0.6 is 11.6 Å². The summed E-state index contributed by atoms with van der Waals surface area (Å²) in [6.07, 6.45) is 2.74. The first kappa shape index (κ1) is 20.6. The Kier molecular flexibility index (Phi) is 5.66. The molecular formula is C20H23ClN4O5. The van der Waals surface area contributed by atoms with Crippen molar-refractivity contribution in [1.29, 1.82) is 0 Å². The van der Waals surface area contributed by atoms with Gasteiger partial charge in [0.05, 0.1) is 11.5 Å². The minimum absolute atomic E-state index is 0.0155. The molecule has 30 heavy (non-hydrogen) atoms. The summed E-state index contributed by atoms with van der Waals surface area (Å²) in [7, 11) is 0. The van der Waals surface area contributed by atoms with Crippen LogP contribution < -0.4 is 0 Å². The monoisotopic (exact) mass is 434 g/mol. The Labute approximate surface area is 178 Å². The third-order valence-corrected chi connectivity index (χ3v) is 4.92. The molecular weight excluding hydrogens is 412 g/mol. The largest absolute Gasteiger partial charge is 0.451 e. The Morgan fingerprint density at radius 3 is 2.80 bits per heavy atom. The Balaban J connectivity index is 1.30. The number of amides is 1. The molecule has 0 aliphatic carbocycles. The number of furan rings is 1. The molecule has 0 aromatic carbocycles. The lowest BCUT2D eigenvalue weighted by molar-refractivity contribution is -0.0190. The van der Waals surface area contributed by atoms with Gasteiger partial charge in [-0.3, -0.25) is 0 Å². The number of piperidine rings is 1. The molecule has 0 unspecified atom stereocenters.